The van der Waals surface area contributed by atoms with Crippen molar-refractivity contribution < 1.29 is 19.2 Å². The van der Waals surface area contributed by atoms with E-state index in [9.17, 15) is 14.4 Å². The number of nitrogens with two attached hydrogens (primary N) is 1. The van der Waals surface area contributed by atoms with Crippen molar-refractivity contribution in [2.45, 2.75) is 54.0 Å². The monoisotopic (exact) mass is 540 g/mol. The summed E-state index contributed by atoms with van der Waals surface area (Å²) in [5.41, 5.74) is 7.73. The third-order valence-corrected chi connectivity index (χ3v) is 4.42. The van der Waals surface area contributed by atoms with Gasteiger partial charge in [-0.05, 0) is 43.0 Å². The van der Waals surface area contributed by atoms with Crippen LogP contribution in [-0.4, -0.2) is 61.0 Å². The second-order valence-corrected chi connectivity index (χ2v) is 9.99. The lowest BCUT2D eigenvalue weighted by atomic mass is 10.0. The Labute approximate surface area is 233 Å². The van der Waals surface area contributed by atoms with Gasteiger partial charge in [-0.1, -0.05) is 52.0 Å². The van der Waals surface area contributed by atoms with Crippen molar-refractivity contribution in [2.24, 2.45) is 17.1 Å². The first-order chi connectivity index (χ1) is 18.3. The summed E-state index contributed by atoms with van der Waals surface area (Å²) >= 11 is 0. The molecule has 3 rings (SSSR count). The van der Waals surface area contributed by atoms with Gasteiger partial charge in [0.15, 0.2) is 0 Å². The minimum absolute atomic E-state index is 0.0944. The quantitative estimate of drug-likeness (QED) is 0.494. The molecule has 2 heterocycles. The third-order valence-electron chi connectivity index (χ3n) is 4.42. The highest BCUT2D eigenvalue weighted by molar-refractivity contribution is 5.87. The fourth-order valence-corrected chi connectivity index (χ4v) is 2.88. The van der Waals surface area contributed by atoms with Crippen LogP contribution < -0.4 is 16.4 Å². The molecule has 1 fully saturated rings. The number of carbonyl (C=O) groups is 4. The molecule has 1 aromatic carbocycles. The summed E-state index contributed by atoms with van der Waals surface area (Å²) < 4.78 is 0. The van der Waals surface area contributed by atoms with Crippen molar-refractivity contribution in [3.05, 3.63) is 54.2 Å². The molecule has 0 aliphatic carbocycles. The standard InChI is InChI=1S/C8H11N3O2.C8H10N2O.C7H9N.C5H12.CH2O/c9-2-7-1-6(5-12)4-11(7)8(13)3-10;1-6-4-3-5-8(9-6)10-7(2)11;1-8-7-5-3-2-4-6-7;1-5(2,3)4;1-2/h5-7H,1,3-4,10H2;3-5H,1-2H3,(H,9,10,11);2-6,8H,1H3;1-4H3;1H2. The lowest BCUT2D eigenvalue weighted by Gasteiger charge is -2.17. The lowest BCUT2D eigenvalue weighted by Crippen LogP contribution is -2.39. The molecule has 2 aromatic rings. The van der Waals surface area contributed by atoms with Crippen LogP contribution in [0.3, 0.4) is 0 Å². The highest BCUT2D eigenvalue weighted by Gasteiger charge is 2.34. The molecule has 2 amide bonds. The van der Waals surface area contributed by atoms with Crippen LogP contribution in [0.5, 0.6) is 0 Å². The molecule has 1 aliphatic heterocycles. The van der Waals surface area contributed by atoms with Gasteiger partial charge in [0, 0.05) is 37.8 Å². The average molecular weight is 541 g/mol. The number of carbonyl (C=O) groups excluding carboxylic acids is 4. The first-order valence-electron chi connectivity index (χ1n) is 12.4. The fraction of sp³-hybridized carbons (Fsp3) is 0.448. The zero-order chi connectivity index (χ0) is 30.4. The van der Waals surface area contributed by atoms with Crippen LogP contribution in [0, 0.1) is 29.6 Å². The van der Waals surface area contributed by atoms with Crippen LogP contribution in [0.15, 0.2) is 48.5 Å². The van der Waals surface area contributed by atoms with Gasteiger partial charge in [0.25, 0.3) is 0 Å². The molecule has 1 aliphatic rings. The van der Waals surface area contributed by atoms with E-state index in [-0.39, 0.29) is 24.3 Å². The van der Waals surface area contributed by atoms with Gasteiger partial charge in [0.05, 0.1) is 12.6 Å². The molecule has 4 N–H and O–H groups in total. The van der Waals surface area contributed by atoms with E-state index in [1.807, 2.05) is 69.3 Å². The Kier molecular flexibility index (Phi) is 19.9. The predicted octanol–water partition coefficient (Wildman–Crippen LogP) is 3.83. The Morgan fingerprint density at radius 1 is 1.15 bits per heavy atom. The molecule has 2 unspecified atom stereocenters. The van der Waals surface area contributed by atoms with E-state index in [0.717, 1.165) is 17.7 Å². The number of aldehydes is 1. The van der Waals surface area contributed by atoms with Crippen LogP contribution in [0.4, 0.5) is 11.5 Å². The summed E-state index contributed by atoms with van der Waals surface area (Å²) in [5.74, 6) is 0.0386. The highest BCUT2D eigenvalue weighted by Crippen LogP contribution is 2.20. The van der Waals surface area contributed by atoms with Gasteiger partial charge < -0.3 is 30.9 Å². The van der Waals surface area contributed by atoms with Crippen molar-refractivity contribution in [2.75, 3.05) is 30.8 Å². The molecule has 0 bridgehead atoms. The Morgan fingerprint density at radius 3 is 2.10 bits per heavy atom. The summed E-state index contributed by atoms with van der Waals surface area (Å²) in [5, 5.41) is 14.3. The minimum Gasteiger partial charge on any atom is -0.388 e. The molecule has 10 nitrogen and oxygen atoms in total. The molecule has 214 valence electrons. The number of hydrogen-bond acceptors (Lipinski definition) is 8. The molecule has 0 radical (unpaired) electrons. The van der Waals surface area contributed by atoms with Crippen LogP contribution >= 0.6 is 0 Å². The number of likely N-dealkylation sites (tertiary alicyclic amines) is 1. The zero-order valence-corrected chi connectivity index (χ0v) is 24.2. The molecular weight excluding hydrogens is 496 g/mol. The summed E-state index contributed by atoms with van der Waals surface area (Å²) in [6.07, 6.45) is 1.22. The molecule has 0 saturated carbocycles. The van der Waals surface area contributed by atoms with E-state index >= 15 is 0 Å². The number of rotatable bonds is 4. The number of para-hydroxylation sites is 1. The summed E-state index contributed by atoms with van der Waals surface area (Å²) in [7, 11) is 1.91. The van der Waals surface area contributed by atoms with Crippen molar-refractivity contribution in [3.63, 3.8) is 0 Å². The summed E-state index contributed by atoms with van der Waals surface area (Å²) in [4.78, 5) is 45.7. The molecule has 10 heteroatoms. The van der Waals surface area contributed by atoms with E-state index in [1.165, 1.54) is 11.8 Å². The summed E-state index contributed by atoms with van der Waals surface area (Å²) in [6.45, 7) is 14.3. The number of nitrogens with zero attached hydrogens (tertiary/aromatic N) is 3. The van der Waals surface area contributed by atoms with E-state index in [2.05, 4.69) is 43.3 Å². The molecule has 2 atom stereocenters. The second-order valence-electron chi connectivity index (χ2n) is 9.99. The Bertz CT molecular complexity index is 1010. The number of nitrogens with one attached hydrogen (secondary N) is 2. The largest absolute Gasteiger partial charge is 0.388 e. The Balaban J connectivity index is 0. The summed E-state index contributed by atoms with van der Waals surface area (Å²) in [6, 6.07) is 17.1. The highest BCUT2D eigenvalue weighted by atomic mass is 16.2. The molecule has 0 spiro atoms. The molecule has 1 saturated heterocycles. The van der Waals surface area contributed by atoms with E-state index in [1.54, 1.807) is 6.07 Å². The van der Waals surface area contributed by atoms with E-state index in [4.69, 9.17) is 15.8 Å². The van der Waals surface area contributed by atoms with Gasteiger partial charge in [0.1, 0.15) is 24.9 Å². The van der Waals surface area contributed by atoms with Crippen molar-refractivity contribution in [1.82, 2.24) is 9.88 Å². The number of anilines is 2. The maximum Gasteiger partial charge on any atom is 0.237 e. The first-order valence-corrected chi connectivity index (χ1v) is 12.4. The minimum atomic E-state index is -0.480. The van der Waals surface area contributed by atoms with Crippen LogP contribution in [0.2, 0.25) is 0 Å². The van der Waals surface area contributed by atoms with Gasteiger partial charge in [-0.3, -0.25) is 9.59 Å². The third kappa shape index (κ3) is 19.6. The fourth-order valence-electron chi connectivity index (χ4n) is 2.88. The topological polar surface area (TPSA) is 158 Å². The molecular formula is C29H44N6O4. The van der Waals surface area contributed by atoms with E-state index in [0.29, 0.717) is 24.2 Å². The van der Waals surface area contributed by atoms with Gasteiger partial charge >= 0.3 is 0 Å². The van der Waals surface area contributed by atoms with Crippen LogP contribution in [0.1, 0.15) is 46.7 Å². The SMILES string of the molecule is C=O.CC(=O)Nc1cccc(C)n1.CC(C)(C)C.CNc1ccccc1.N#CC1CC(C=O)CN1C(=O)CN. The van der Waals surface area contributed by atoms with Crippen molar-refractivity contribution >= 4 is 36.4 Å². The smallest absolute Gasteiger partial charge is 0.237 e. The normalized spacial score (nSPS) is 15.0. The zero-order valence-electron chi connectivity index (χ0n) is 24.2. The second kappa shape index (κ2) is 20.9. The van der Waals surface area contributed by atoms with Crippen molar-refractivity contribution in [1.29, 1.82) is 5.26 Å². The number of benzene rings is 1. The number of amides is 2. The predicted molar refractivity (Wildman–Crippen MR) is 156 cm³/mol. The Hall–Kier alpha value is -4.10. The van der Waals surface area contributed by atoms with E-state index < -0.39 is 6.04 Å². The number of pyridine rings is 1. The lowest BCUT2D eigenvalue weighted by molar-refractivity contribution is -0.129. The number of aryl methyl sites for hydroxylation is 1. The number of nitriles is 1. The van der Waals surface area contributed by atoms with Gasteiger partial charge in [-0.15, -0.1) is 0 Å². The van der Waals surface area contributed by atoms with Gasteiger partial charge in [0.2, 0.25) is 11.8 Å². The maximum absolute atomic E-state index is 11.2. The van der Waals surface area contributed by atoms with Crippen LogP contribution in [0.25, 0.3) is 0 Å². The number of aromatic nitrogens is 1. The first kappa shape index (κ1) is 37.1. The van der Waals surface area contributed by atoms with Gasteiger partial charge in [-0.25, -0.2) is 4.98 Å². The maximum atomic E-state index is 11.2. The molecule has 1 aromatic heterocycles. The number of hydrogen-bond donors (Lipinski definition) is 3. The molecule has 39 heavy (non-hydrogen) atoms. The van der Waals surface area contributed by atoms with Gasteiger partial charge in [-0.2, -0.15) is 5.26 Å². The van der Waals surface area contributed by atoms with Crippen molar-refractivity contribution in [3.8, 4) is 6.07 Å². The van der Waals surface area contributed by atoms with Crippen LogP contribution in [-0.2, 0) is 19.2 Å². The Morgan fingerprint density at radius 2 is 1.72 bits per heavy atom. The average Bonchev–Trinajstić information content (AvgIpc) is 3.33.